The standard InChI is InChI=1S/C17H21N5O3/c1-25-17(24)15-12-22(19-18-15)13-16(23)21-9-7-20(8-10-21)11-14-5-3-2-4-6-14/h2-6,12H,7-11,13H2,1H3. The van der Waals surface area contributed by atoms with Crippen molar-refractivity contribution in [1.82, 2.24) is 24.8 Å². The van der Waals surface area contributed by atoms with Gasteiger partial charge in [-0.05, 0) is 5.56 Å². The van der Waals surface area contributed by atoms with E-state index in [1.54, 1.807) is 0 Å². The van der Waals surface area contributed by atoms with Crippen LogP contribution in [0.15, 0.2) is 36.5 Å². The van der Waals surface area contributed by atoms with E-state index in [0.29, 0.717) is 13.1 Å². The number of methoxy groups -OCH3 is 1. The molecule has 1 aliphatic heterocycles. The lowest BCUT2D eigenvalue weighted by Crippen LogP contribution is -2.49. The number of benzene rings is 1. The van der Waals surface area contributed by atoms with E-state index in [1.807, 2.05) is 23.1 Å². The number of amides is 1. The van der Waals surface area contributed by atoms with Crippen LogP contribution < -0.4 is 0 Å². The third-order valence-electron chi connectivity index (χ3n) is 4.20. The van der Waals surface area contributed by atoms with Crippen LogP contribution in [-0.4, -0.2) is 70.0 Å². The largest absolute Gasteiger partial charge is 0.464 e. The summed E-state index contributed by atoms with van der Waals surface area (Å²) in [6.07, 6.45) is 1.43. The van der Waals surface area contributed by atoms with Gasteiger partial charge in [-0.15, -0.1) is 5.10 Å². The highest BCUT2D eigenvalue weighted by atomic mass is 16.5. The second-order valence-electron chi connectivity index (χ2n) is 5.94. The van der Waals surface area contributed by atoms with Gasteiger partial charge in [0.05, 0.1) is 13.3 Å². The average molecular weight is 343 g/mol. The summed E-state index contributed by atoms with van der Waals surface area (Å²) in [5.41, 5.74) is 1.38. The third-order valence-corrected chi connectivity index (χ3v) is 4.20. The molecule has 2 aromatic rings. The molecule has 0 bridgehead atoms. The second-order valence-corrected chi connectivity index (χ2v) is 5.94. The van der Waals surface area contributed by atoms with Crippen molar-refractivity contribution in [1.29, 1.82) is 0 Å². The Bertz CT molecular complexity index is 723. The number of hydrogen-bond donors (Lipinski definition) is 0. The van der Waals surface area contributed by atoms with Crippen LogP contribution >= 0.6 is 0 Å². The Hall–Kier alpha value is -2.74. The molecule has 0 spiro atoms. The summed E-state index contributed by atoms with van der Waals surface area (Å²) < 4.78 is 5.94. The fourth-order valence-corrected chi connectivity index (χ4v) is 2.81. The molecule has 0 atom stereocenters. The van der Waals surface area contributed by atoms with Gasteiger partial charge in [-0.25, -0.2) is 9.48 Å². The van der Waals surface area contributed by atoms with Crippen molar-refractivity contribution >= 4 is 11.9 Å². The SMILES string of the molecule is COC(=O)c1cn(CC(=O)N2CCN(Cc3ccccc3)CC2)nn1. The number of nitrogens with zero attached hydrogens (tertiary/aromatic N) is 5. The Morgan fingerprint density at radius 3 is 2.52 bits per heavy atom. The summed E-state index contributed by atoms with van der Waals surface area (Å²) >= 11 is 0. The maximum Gasteiger partial charge on any atom is 0.360 e. The van der Waals surface area contributed by atoms with E-state index in [-0.39, 0.29) is 18.1 Å². The molecule has 1 saturated heterocycles. The number of piperazine rings is 1. The van der Waals surface area contributed by atoms with Gasteiger partial charge in [0.1, 0.15) is 6.54 Å². The van der Waals surface area contributed by atoms with Crippen LogP contribution in [-0.2, 0) is 22.6 Å². The highest BCUT2D eigenvalue weighted by molar-refractivity contribution is 5.86. The Morgan fingerprint density at radius 1 is 1.12 bits per heavy atom. The highest BCUT2D eigenvalue weighted by Gasteiger charge is 2.22. The minimum Gasteiger partial charge on any atom is -0.464 e. The van der Waals surface area contributed by atoms with Crippen LogP contribution in [0.4, 0.5) is 0 Å². The predicted octanol–water partition coefficient (Wildman–Crippen LogP) is 0.409. The molecule has 1 fully saturated rings. The van der Waals surface area contributed by atoms with Gasteiger partial charge in [-0.3, -0.25) is 9.69 Å². The van der Waals surface area contributed by atoms with Gasteiger partial charge < -0.3 is 9.64 Å². The molecule has 0 radical (unpaired) electrons. The van der Waals surface area contributed by atoms with Gasteiger partial charge in [0, 0.05) is 32.7 Å². The molecule has 1 aromatic carbocycles. The van der Waals surface area contributed by atoms with Crippen molar-refractivity contribution in [2.75, 3.05) is 33.3 Å². The van der Waals surface area contributed by atoms with Gasteiger partial charge in [0.15, 0.2) is 5.69 Å². The van der Waals surface area contributed by atoms with E-state index in [0.717, 1.165) is 19.6 Å². The summed E-state index contributed by atoms with van der Waals surface area (Å²) in [4.78, 5) is 27.9. The van der Waals surface area contributed by atoms with Crippen LogP contribution in [0.1, 0.15) is 16.1 Å². The maximum absolute atomic E-state index is 12.4. The van der Waals surface area contributed by atoms with Gasteiger partial charge in [-0.1, -0.05) is 35.5 Å². The predicted molar refractivity (Wildman–Crippen MR) is 89.7 cm³/mol. The number of esters is 1. The first-order valence-corrected chi connectivity index (χ1v) is 8.18. The normalized spacial score (nSPS) is 15.2. The third kappa shape index (κ3) is 4.42. The van der Waals surface area contributed by atoms with Crippen molar-refractivity contribution in [2.24, 2.45) is 0 Å². The Kier molecular flexibility index (Phi) is 5.39. The molecule has 0 aliphatic carbocycles. The smallest absolute Gasteiger partial charge is 0.360 e. The van der Waals surface area contributed by atoms with Crippen LogP contribution in [0.3, 0.4) is 0 Å². The van der Waals surface area contributed by atoms with E-state index in [2.05, 4.69) is 32.1 Å². The molecule has 1 amide bonds. The monoisotopic (exact) mass is 343 g/mol. The Morgan fingerprint density at radius 2 is 1.84 bits per heavy atom. The Balaban J connectivity index is 1.48. The zero-order chi connectivity index (χ0) is 17.6. The van der Waals surface area contributed by atoms with E-state index in [9.17, 15) is 9.59 Å². The maximum atomic E-state index is 12.4. The zero-order valence-corrected chi connectivity index (χ0v) is 14.2. The second kappa shape index (κ2) is 7.89. The lowest BCUT2D eigenvalue weighted by molar-refractivity contribution is -0.133. The molecular formula is C17H21N5O3. The molecule has 25 heavy (non-hydrogen) atoms. The molecule has 1 aromatic heterocycles. The first-order valence-electron chi connectivity index (χ1n) is 8.18. The van der Waals surface area contributed by atoms with E-state index >= 15 is 0 Å². The summed E-state index contributed by atoms with van der Waals surface area (Å²) in [5.74, 6) is -0.589. The molecule has 2 heterocycles. The molecule has 132 valence electrons. The summed E-state index contributed by atoms with van der Waals surface area (Å²) in [5, 5.41) is 7.50. The van der Waals surface area contributed by atoms with Gasteiger partial charge in [-0.2, -0.15) is 0 Å². The molecule has 0 N–H and O–H groups in total. The van der Waals surface area contributed by atoms with Crippen molar-refractivity contribution in [2.45, 2.75) is 13.1 Å². The molecule has 0 unspecified atom stereocenters. The fraction of sp³-hybridized carbons (Fsp3) is 0.412. The van der Waals surface area contributed by atoms with Crippen LogP contribution in [0, 0.1) is 0 Å². The first-order chi connectivity index (χ1) is 12.2. The van der Waals surface area contributed by atoms with E-state index < -0.39 is 5.97 Å². The number of ether oxygens (including phenoxy) is 1. The minimum atomic E-state index is -0.562. The van der Waals surface area contributed by atoms with E-state index in [1.165, 1.54) is 23.6 Å². The summed E-state index contributed by atoms with van der Waals surface area (Å²) in [6.45, 7) is 4.02. The topological polar surface area (TPSA) is 80.6 Å². The van der Waals surface area contributed by atoms with Crippen LogP contribution in [0.2, 0.25) is 0 Å². The number of aromatic nitrogens is 3. The summed E-state index contributed by atoms with van der Waals surface area (Å²) in [6, 6.07) is 10.3. The zero-order valence-electron chi connectivity index (χ0n) is 14.2. The number of carbonyl (C=O) groups excluding carboxylic acids is 2. The van der Waals surface area contributed by atoms with Crippen LogP contribution in [0.5, 0.6) is 0 Å². The molecule has 8 nitrogen and oxygen atoms in total. The van der Waals surface area contributed by atoms with Crippen molar-refractivity contribution < 1.29 is 14.3 Å². The van der Waals surface area contributed by atoms with Gasteiger partial charge in [0.2, 0.25) is 5.91 Å². The fourth-order valence-electron chi connectivity index (χ4n) is 2.81. The quantitative estimate of drug-likeness (QED) is 0.732. The molecule has 0 saturated carbocycles. The lowest BCUT2D eigenvalue weighted by Gasteiger charge is -2.34. The highest BCUT2D eigenvalue weighted by Crippen LogP contribution is 2.09. The van der Waals surface area contributed by atoms with Gasteiger partial charge in [0.25, 0.3) is 0 Å². The summed E-state index contributed by atoms with van der Waals surface area (Å²) in [7, 11) is 1.28. The van der Waals surface area contributed by atoms with Crippen molar-refractivity contribution in [3.8, 4) is 0 Å². The van der Waals surface area contributed by atoms with Crippen LogP contribution in [0.25, 0.3) is 0 Å². The molecule has 1 aliphatic rings. The lowest BCUT2D eigenvalue weighted by atomic mass is 10.2. The minimum absolute atomic E-state index is 0.0272. The van der Waals surface area contributed by atoms with Crippen molar-refractivity contribution in [3.05, 3.63) is 47.8 Å². The number of hydrogen-bond acceptors (Lipinski definition) is 6. The first kappa shape index (κ1) is 17.1. The number of rotatable bonds is 5. The molecular weight excluding hydrogens is 322 g/mol. The van der Waals surface area contributed by atoms with Crippen molar-refractivity contribution in [3.63, 3.8) is 0 Å². The number of carbonyl (C=O) groups is 2. The molecule has 3 rings (SSSR count). The average Bonchev–Trinajstić information content (AvgIpc) is 3.11. The Labute approximate surface area is 146 Å². The molecule has 8 heteroatoms. The van der Waals surface area contributed by atoms with E-state index in [4.69, 9.17) is 0 Å². The van der Waals surface area contributed by atoms with Gasteiger partial charge >= 0.3 is 5.97 Å².